The van der Waals surface area contributed by atoms with Crippen LogP contribution in [0.4, 0.5) is 0 Å². The van der Waals surface area contributed by atoms with E-state index in [0.717, 1.165) is 16.8 Å². The van der Waals surface area contributed by atoms with Gasteiger partial charge in [-0.1, -0.05) is 6.07 Å². The highest BCUT2D eigenvalue weighted by Gasteiger charge is 2.04. The van der Waals surface area contributed by atoms with Crippen molar-refractivity contribution in [3.05, 3.63) is 47.7 Å². The molecule has 0 unspecified atom stereocenters. The number of phenols is 1. The molecule has 0 aliphatic rings. The van der Waals surface area contributed by atoms with Gasteiger partial charge in [-0.25, -0.2) is 0 Å². The average molecular weight is 213 g/mol. The van der Waals surface area contributed by atoms with Crippen LogP contribution in [-0.4, -0.2) is 16.4 Å². The van der Waals surface area contributed by atoms with E-state index in [1.807, 2.05) is 19.1 Å². The summed E-state index contributed by atoms with van der Waals surface area (Å²) in [4.78, 5) is 14.9. The van der Waals surface area contributed by atoms with Crippen molar-refractivity contribution < 1.29 is 9.90 Å². The molecule has 0 aliphatic heterocycles. The van der Waals surface area contributed by atoms with Crippen molar-refractivity contribution >= 4 is 6.29 Å². The predicted molar refractivity (Wildman–Crippen MR) is 61.5 cm³/mol. The van der Waals surface area contributed by atoms with Gasteiger partial charge in [-0.3, -0.25) is 9.78 Å². The molecular formula is C13H11NO2. The zero-order valence-electron chi connectivity index (χ0n) is 8.84. The summed E-state index contributed by atoms with van der Waals surface area (Å²) in [6, 6.07) is 8.70. The summed E-state index contributed by atoms with van der Waals surface area (Å²) in [6.45, 7) is 1.96. The van der Waals surface area contributed by atoms with Crippen LogP contribution in [0.15, 0.2) is 36.5 Å². The van der Waals surface area contributed by atoms with Gasteiger partial charge in [-0.05, 0) is 36.8 Å². The first kappa shape index (κ1) is 10.4. The smallest absolute Gasteiger partial charge is 0.153 e. The SMILES string of the molecule is Cc1ccc(-c2ccc(O)c(C=O)c2)nc1. The highest BCUT2D eigenvalue weighted by molar-refractivity contribution is 5.82. The Hall–Kier alpha value is -2.16. The number of aromatic nitrogens is 1. The van der Waals surface area contributed by atoms with Crippen LogP contribution in [0, 0.1) is 6.92 Å². The van der Waals surface area contributed by atoms with Crippen molar-refractivity contribution in [3.8, 4) is 17.0 Å². The average Bonchev–Trinajstić information content (AvgIpc) is 2.31. The first-order valence-corrected chi connectivity index (χ1v) is 4.92. The minimum atomic E-state index is -0.00846. The topological polar surface area (TPSA) is 50.2 Å². The lowest BCUT2D eigenvalue weighted by atomic mass is 10.1. The zero-order valence-corrected chi connectivity index (χ0v) is 8.84. The number of nitrogens with zero attached hydrogens (tertiary/aromatic N) is 1. The number of phenolic OH excluding ortho intramolecular Hbond substituents is 1. The number of aldehydes is 1. The van der Waals surface area contributed by atoms with E-state index < -0.39 is 0 Å². The highest BCUT2D eigenvalue weighted by atomic mass is 16.3. The summed E-state index contributed by atoms with van der Waals surface area (Å²) in [6.07, 6.45) is 2.40. The number of carbonyl (C=O) groups is 1. The van der Waals surface area contributed by atoms with Crippen molar-refractivity contribution in [2.24, 2.45) is 0 Å². The molecule has 2 aromatic rings. The summed E-state index contributed by atoms with van der Waals surface area (Å²) >= 11 is 0. The van der Waals surface area contributed by atoms with Gasteiger partial charge >= 0.3 is 0 Å². The van der Waals surface area contributed by atoms with Crippen molar-refractivity contribution in [2.75, 3.05) is 0 Å². The maximum absolute atomic E-state index is 10.7. The quantitative estimate of drug-likeness (QED) is 0.780. The Kier molecular flexibility index (Phi) is 2.68. The minimum absolute atomic E-state index is 0.00846. The van der Waals surface area contributed by atoms with E-state index in [1.165, 1.54) is 6.07 Å². The molecule has 0 atom stereocenters. The fourth-order valence-electron chi connectivity index (χ4n) is 1.45. The number of rotatable bonds is 2. The fourth-order valence-corrected chi connectivity index (χ4v) is 1.45. The van der Waals surface area contributed by atoms with E-state index in [-0.39, 0.29) is 11.3 Å². The van der Waals surface area contributed by atoms with Gasteiger partial charge in [-0.15, -0.1) is 0 Å². The summed E-state index contributed by atoms with van der Waals surface area (Å²) < 4.78 is 0. The van der Waals surface area contributed by atoms with Crippen LogP contribution in [0.3, 0.4) is 0 Å². The lowest BCUT2D eigenvalue weighted by Gasteiger charge is -2.03. The summed E-state index contributed by atoms with van der Waals surface area (Å²) in [5.41, 5.74) is 2.96. The van der Waals surface area contributed by atoms with E-state index in [9.17, 15) is 9.90 Å². The van der Waals surface area contributed by atoms with Crippen LogP contribution in [-0.2, 0) is 0 Å². The molecule has 0 amide bonds. The first-order chi connectivity index (χ1) is 7.70. The zero-order chi connectivity index (χ0) is 11.5. The van der Waals surface area contributed by atoms with Crippen molar-refractivity contribution in [3.63, 3.8) is 0 Å². The molecular weight excluding hydrogens is 202 g/mol. The lowest BCUT2D eigenvalue weighted by molar-refractivity contribution is 0.112. The van der Waals surface area contributed by atoms with Crippen molar-refractivity contribution in [1.82, 2.24) is 4.98 Å². The molecule has 0 spiro atoms. The molecule has 3 nitrogen and oxygen atoms in total. The third-order valence-corrected chi connectivity index (χ3v) is 2.36. The van der Waals surface area contributed by atoms with E-state index >= 15 is 0 Å². The molecule has 0 radical (unpaired) electrons. The molecule has 0 saturated carbocycles. The maximum atomic E-state index is 10.7. The number of benzene rings is 1. The van der Waals surface area contributed by atoms with Crippen LogP contribution < -0.4 is 0 Å². The van der Waals surface area contributed by atoms with E-state index in [2.05, 4.69) is 4.98 Å². The van der Waals surface area contributed by atoms with Crippen LogP contribution >= 0.6 is 0 Å². The number of pyridine rings is 1. The number of carbonyl (C=O) groups excluding carboxylic acids is 1. The Morgan fingerprint density at radius 2 is 2.06 bits per heavy atom. The van der Waals surface area contributed by atoms with Gasteiger partial charge in [0.1, 0.15) is 5.75 Å². The normalized spacial score (nSPS) is 10.1. The van der Waals surface area contributed by atoms with E-state index in [0.29, 0.717) is 6.29 Å². The Balaban J connectivity index is 2.48. The van der Waals surface area contributed by atoms with E-state index in [1.54, 1.807) is 18.3 Å². The molecule has 1 N–H and O–H groups in total. The molecule has 2 rings (SSSR count). The van der Waals surface area contributed by atoms with Gasteiger partial charge in [-0.2, -0.15) is 0 Å². The molecule has 16 heavy (non-hydrogen) atoms. The molecule has 3 heteroatoms. The number of hydrogen-bond donors (Lipinski definition) is 1. The molecule has 0 bridgehead atoms. The Morgan fingerprint density at radius 3 is 2.69 bits per heavy atom. The highest BCUT2D eigenvalue weighted by Crippen LogP contribution is 2.23. The lowest BCUT2D eigenvalue weighted by Crippen LogP contribution is -1.87. The Morgan fingerprint density at radius 1 is 1.25 bits per heavy atom. The molecule has 1 heterocycles. The van der Waals surface area contributed by atoms with Gasteiger partial charge in [0.2, 0.25) is 0 Å². The minimum Gasteiger partial charge on any atom is -0.507 e. The number of hydrogen-bond acceptors (Lipinski definition) is 3. The molecule has 1 aromatic heterocycles. The van der Waals surface area contributed by atoms with Crippen LogP contribution in [0.2, 0.25) is 0 Å². The monoisotopic (exact) mass is 213 g/mol. The van der Waals surface area contributed by atoms with Crippen molar-refractivity contribution in [2.45, 2.75) is 6.92 Å². The van der Waals surface area contributed by atoms with Crippen LogP contribution in [0.25, 0.3) is 11.3 Å². The van der Waals surface area contributed by atoms with Crippen molar-refractivity contribution in [1.29, 1.82) is 0 Å². The Labute approximate surface area is 93.4 Å². The number of aryl methyl sites for hydroxylation is 1. The van der Waals surface area contributed by atoms with E-state index in [4.69, 9.17) is 0 Å². The maximum Gasteiger partial charge on any atom is 0.153 e. The molecule has 1 aromatic carbocycles. The second kappa shape index (κ2) is 4.14. The van der Waals surface area contributed by atoms with Gasteiger partial charge in [0, 0.05) is 11.8 Å². The molecule has 0 aliphatic carbocycles. The first-order valence-electron chi connectivity index (χ1n) is 4.92. The van der Waals surface area contributed by atoms with Gasteiger partial charge in [0.25, 0.3) is 0 Å². The summed E-state index contributed by atoms with van der Waals surface area (Å²) in [7, 11) is 0. The summed E-state index contributed by atoms with van der Waals surface area (Å²) in [5, 5.41) is 9.37. The van der Waals surface area contributed by atoms with Gasteiger partial charge in [0.05, 0.1) is 11.3 Å². The van der Waals surface area contributed by atoms with Gasteiger partial charge in [0.15, 0.2) is 6.29 Å². The largest absolute Gasteiger partial charge is 0.507 e. The fraction of sp³-hybridized carbons (Fsp3) is 0.0769. The molecule has 0 saturated heterocycles. The van der Waals surface area contributed by atoms with Crippen LogP contribution in [0.1, 0.15) is 15.9 Å². The van der Waals surface area contributed by atoms with Crippen LogP contribution in [0.5, 0.6) is 5.75 Å². The molecule has 80 valence electrons. The second-order valence-corrected chi connectivity index (χ2v) is 3.61. The third kappa shape index (κ3) is 1.93. The number of aromatic hydroxyl groups is 1. The predicted octanol–water partition coefficient (Wildman–Crippen LogP) is 2.58. The standard InChI is InChI=1S/C13H11NO2/c1-9-2-4-12(14-7-9)10-3-5-13(16)11(6-10)8-15/h2-8,16H,1H3. The Bertz CT molecular complexity index is 518. The second-order valence-electron chi connectivity index (χ2n) is 3.61. The van der Waals surface area contributed by atoms with Gasteiger partial charge < -0.3 is 5.11 Å². The molecule has 0 fully saturated rings. The summed E-state index contributed by atoms with van der Waals surface area (Å²) in [5.74, 6) is -0.00846. The third-order valence-electron chi connectivity index (χ3n) is 2.36.